The van der Waals surface area contributed by atoms with Crippen LogP contribution in [0.1, 0.15) is 48.5 Å². The smallest absolute Gasteiger partial charge is 0.408 e. The van der Waals surface area contributed by atoms with Gasteiger partial charge in [-0.2, -0.15) is 0 Å². The molecular weight excluding hydrogens is 190 g/mol. The summed E-state index contributed by atoms with van der Waals surface area (Å²) in [5.74, 6) is 0. The van der Waals surface area contributed by atoms with Gasteiger partial charge in [0, 0.05) is 0 Å². The van der Waals surface area contributed by atoms with Crippen molar-refractivity contribution in [3.8, 4) is 0 Å². The monoisotopic (exact) mass is 215 g/mol. The summed E-state index contributed by atoms with van der Waals surface area (Å²) in [6.45, 7) is 17.0. The lowest BCUT2D eigenvalue weighted by atomic mass is 10.2. The summed E-state index contributed by atoms with van der Waals surface area (Å²) in [5, 5.41) is 2.68. The highest BCUT2D eigenvalue weighted by molar-refractivity contribution is 5.68. The third-order valence-corrected chi connectivity index (χ3v) is 1.47. The zero-order valence-corrected chi connectivity index (χ0v) is 11.1. The molecule has 0 saturated carbocycles. The molecule has 0 heterocycles. The second-order valence-corrected chi connectivity index (χ2v) is 4.21. The fourth-order valence-electron chi connectivity index (χ4n) is 0.608. The molecule has 1 amide bonds. The Balaban J connectivity index is 0. The first-order chi connectivity index (χ1) is 6.72. The Bertz CT molecular complexity index is 204. The van der Waals surface area contributed by atoms with Crippen LogP contribution in [0.3, 0.4) is 0 Å². The molecule has 1 atom stereocenters. The molecule has 0 aromatic heterocycles. The Morgan fingerprint density at radius 1 is 1.33 bits per heavy atom. The van der Waals surface area contributed by atoms with Crippen molar-refractivity contribution >= 4 is 6.09 Å². The second-order valence-electron chi connectivity index (χ2n) is 4.21. The molecule has 0 aromatic carbocycles. The first-order valence-corrected chi connectivity index (χ1v) is 5.37. The highest BCUT2D eigenvalue weighted by Gasteiger charge is 2.17. The van der Waals surface area contributed by atoms with E-state index in [1.165, 1.54) is 0 Å². The molecule has 90 valence electrons. The van der Waals surface area contributed by atoms with Crippen LogP contribution in [0.25, 0.3) is 0 Å². The van der Waals surface area contributed by atoms with Gasteiger partial charge in [0.15, 0.2) is 0 Å². The largest absolute Gasteiger partial charge is 0.444 e. The van der Waals surface area contributed by atoms with Crippen molar-refractivity contribution < 1.29 is 9.53 Å². The van der Waals surface area contributed by atoms with E-state index in [0.717, 1.165) is 5.57 Å². The number of ether oxygens (including phenoxy) is 1. The number of rotatable bonds is 2. The van der Waals surface area contributed by atoms with E-state index in [9.17, 15) is 4.79 Å². The van der Waals surface area contributed by atoms with Crippen molar-refractivity contribution in [2.75, 3.05) is 0 Å². The predicted molar refractivity (Wildman–Crippen MR) is 65.0 cm³/mol. The summed E-state index contributed by atoms with van der Waals surface area (Å²) in [6.07, 6.45) is -0.400. The highest BCUT2D eigenvalue weighted by atomic mass is 16.6. The average molecular weight is 215 g/mol. The standard InChI is InChI=1S/C10H19NO2.C2H6/c1-7(2)8(3)11-9(12)13-10(4,5)6;1-2/h8H,1H2,2-6H3,(H,11,12);1-2H3/t8-;/m1./s1. The Kier molecular flexibility index (Phi) is 8.02. The molecule has 0 radical (unpaired) electrons. The Hall–Kier alpha value is -0.990. The number of carbonyl (C=O) groups is 1. The van der Waals surface area contributed by atoms with E-state index in [2.05, 4.69) is 11.9 Å². The SMILES string of the molecule is C=C(C)[C@@H](C)NC(=O)OC(C)(C)C.CC. The lowest BCUT2D eigenvalue weighted by Gasteiger charge is -2.21. The van der Waals surface area contributed by atoms with Crippen molar-refractivity contribution in [3.63, 3.8) is 0 Å². The maximum Gasteiger partial charge on any atom is 0.408 e. The van der Waals surface area contributed by atoms with Crippen molar-refractivity contribution in [1.29, 1.82) is 0 Å². The quantitative estimate of drug-likeness (QED) is 0.716. The topological polar surface area (TPSA) is 38.3 Å². The van der Waals surface area contributed by atoms with Crippen LogP contribution in [0.5, 0.6) is 0 Å². The minimum absolute atomic E-state index is 0.0464. The normalized spacial score (nSPS) is 11.9. The van der Waals surface area contributed by atoms with Gasteiger partial charge in [-0.3, -0.25) is 0 Å². The van der Waals surface area contributed by atoms with Crippen molar-refractivity contribution in [1.82, 2.24) is 5.32 Å². The lowest BCUT2D eigenvalue weighted by molar-refractivity contribution is 0.0516. The van der Waals surface area contributed by atoms with Crippen LogP contribution in [0.2, 0.25) is 0 Å². The number of carbonyl (C=O) groups excluding carboxylic acids is 1. The van der Waals surface area contributed by atoms with E-state index in [0.29, 0.717) is 0 Å². The van der Waals surface area contributed by atoms with Crippen LogP contribution in [0, 0.1) is 0 Å². The van der Waals surface area contributed by atoms with Crippen molar-refractivity contribution in [2.24, 2.45) is 0 Å². The van der Waals surface area contributed by atoms with Gasteiger partial charge < -0.3 is 10.1 Å². The zero-order chi connectivity index (χ0) is 12.6. The summed E-state index contributed by atoms with van der Waals surface area (Å²) in [6, 6.07) is -0.0464. The summed E-state index contributed by atoms with van der Waals surface area (Å²) in [4.78, 5) is 11.2. The zero-order valence-electron chi connectivity index (χ0n) is 11.1. The average Bonchev–Trinajstić information content (AvgIpc) is 2.03. The van der Waals surface area contributed by atoms with E-state index in [1.807, 2.05) is 48.5 Å². The molecule has 15 heavy (non-hydrogen) atoms. The first kappa shape index (κ1) is 16.4. The molecule has 0 unspecified atom stereocenters. The third-order valence-electron chi connectivity index (χ3n) is 1.47. The van der Waals surface area contributed by atoms with Crippen LogP contribution >= 0.6 is 0 Å². The van der Waals surface area contributed by atoms with Crippen molar-refractivity contribution in [2.45, 2.75) is 60.1 Å². The molecule has 0 saturated heterocycles. The first-order valence-electron chi connectivity index (χ1n) is 5.37. The molecule has 3 heteroatoms. The molecule has 0 aliphatic rings. The molecule has 0 aliphatic heterocycles. The molecule has 0 spiro atoms. The lowest BCUT2D eigenvalue weighted by Crippen LogP contribution is -2.37. The number of hydrogen-bond acceptors (Lipinski definition) is 2. The minimum atomic E-state index is -0.446. The fourth-order valence-corrected chi connectivity index (χ4v) is 0.608. The third kappa shape index (κ3) is 10.9. The van der Waals surface area contributed by atoms with Crippen LogP contribution in [0.15, 0.2) is 12.2 Å². The van der Waals surface area contributed by atoms with Gasteiger partial charge in [-0.25, -0.2) is 4.79 Å². The van der Waals surface area contributed by atoms with Crippen LogP contribution < -0.4 is 5.32 Å². The summed E-state index contributed by atoms with van der Waals surface area (Å²) < 4.78 is 5.07. The Morgan fingerprint density at radius 3 is 2.00 bits per heavy atom. The van der Waals surface area contributed by atoms with Gasteiger partial charge >= 0.3 is 6.09 Å². The maximum absolute atomic E-state index is 11.2. The number of hydrogen-bond donors (Lipinski definition) is 1. The van der Waals surface area contributed by atoms with Gasteiger partial charge in [-0.1, -0.05) is 26.0 Å². The predicted octanol–water partition coefficient (Wildman–Crippen LogP) is 3.50. The molecule has 0 aromatic rings. The van der Waals surface area contributed by atoms with Gasteiger partial charge in [0.05, 0.1) is 6.04 Å². The summed E-state index contributed by atoms with van der Waals surface area (Å²) >= 11 is 0. The van der Waals surface area contributed by atoms with Crippen LogP contribution in [-0.2, 0) is 4.74 Å². The van der Waals surface area contributed by atoms with Gasteiger partial charge in [0.2, 0.25) is 0 Å². The second kappa shape index (κ2) is 7.32. The molecular formula is C12H25NO2. The molecule has 0 rings (SSSR count). The van der Waals surface area contributed by atoms with Crippen LogP contribution in [-0.4, -0.2) is 17.7 Å². The van der Waals surface area contributed by atoms with Crippen LogP contribution in [0.4, 0.5) is 4.79 Å². The fraction of sp³-hybridized carbons (Fsp3) is 0.750. The van der Waals surface area contributed by atoms with Gasteiger partial charge in [-0.05, 0) is 34.6 Å². The molecule has 3 nitrogen and oxygen atoms in total. The van der Waals surface area contributed by atoms with Crippen molar-refractivity contribution in [3.05, 3.63) is 12.2 Å². The molecule has 0 bridgehead atoms. The molecule has 0 aliphatic carbocycles. The maximum atomic E-state index is 11.2. The van der Waals surface area contributed by atoms with E-state index in [1.54, 1.807) is 0 Å². The van der Waals surface area contributed by atoms with Gasteiger partial charge in [0.25, 0.3) is 0 Å². The number of nitrogens with one attached hydrogen (secondary N) is 1. The Morgan fingerprint density at radius 2 is 1.73 bits per heavy atom. The number of amides is 1. The summed E-state index contributed by atoms with van der Waals surface area (Å²) in [7, 11) is 0. The molecule has 1 N–H and O–H groups in total. The van der Waals surface area contributed by atoms with E-state index in [4.69, 9.17) is 4.74 Å². The van der Waals surface area contributed by atoms with Gasteiger partial charge in [-0.15, -0.1) is 0 Å². The van der Waals surface area contributed by atoms with E-state index in [-0.39, 0.29) is 6.04 Å². The van der Waals surface area contributed by atoms with E-state index < -0.39 is 11.7 Å². The summed E-state index contributed by atoms with van der Waals surface area (Å²) in [5.41, 5.74) is 0.463. The molecule has 0 fully saturated rings. The Labute approximate surface area is 93.9 Å². The van der Waals surface area contributed by atoms with Gasteiger partial charge in [0.1, 0.15) is 5.60 Å². The van der Waals surface area contributed by atoms with E-state index >= 15 is 0 Å². The number of alkyl carbamates (subject to hydrolysis) is 1. The minimum Gasteiger partial charge on any atom is -0.444 e. The highest BCUT2D eigenvalue weighted by Crippen LogP contribution is 2.07.